The predicted molar refractivity (Wildman–Crippen MR) is 158 cm³/mol. The lowest BCUT2D eigenvalue weighted by Gasteiger charge is -2.15. The quantitative estimate of drug-likeness (QED) is 0.115. The lowest BCUT2D eigenvalue weighted by atomic mass is 10.5. The van der Waals surface area contributed by atoms with Crippen molar-refractivity contribution in [3.05, 3.63) is 31.5 Å². The monoisotopic (exact) mass is 690 g/mol. The molecule has 270 valence electrons. The summed E-state index contributed by atoms with van der Waals surface area (Å²) in [6.45, 7) is 4.08. The maximum atomic E-state index is 13.2. The highest BCUT2D eigenvalue weighted by molar-refractivity contribution is 5.60. The van der Waals surface area contributed by atoms with Crippen molar-refractivity contribution >= 4 is 18.5 Å². The van der Waals surface area contributed by atoms with E-state index in [4.69, 9.17) is 42.6 Å². The predicted octanol–water partition coefficient (Wildman–Crippen LogP) is -2.50. The summed E-state index contributed by atoms with van der Waals surface area (Å²) < 4.78 is 47.7. The van der Waals surface area contributed by atoms with Gasteiger partial charge in [-0.05, 0) is 0 Å². The molecule has 21 heteroatoms. The first-order chi connectivity index (χ1) is 23.3. The van der Waals surface area contributed by atoms with E-state index in [0.717, 1.165) is 0 Å². The van der Waals surface area contributed by atoms with Crippen molar-refractivity contribution in [2.24, 2.45) is 0 Å². The number of nitrogens with zero attached hydrogens (tertiary/aromatic N) is 6. The van der Waals surface area contributed by atoms with Gasteiger partial charge in [-0.15, -0.1) is 0 Å². The van der Waals surface area contributed by atoms with E-state index in [1.54, 1.807) is 0 Å². The van der Waals surface area contributed by atoms with Crippen LogP contribution in [-0.4, -0.2) is 166 Å². The van der Waals surface area contributed by atoms with E-state index in [2.05, 4.69) is 0 Å². The molecule has 0 bridgehead atoms. The van der Waals surface area contributed by atoms with E-state index < -0.39 is 75.0 Å². The van der Waals surface area contributed by atoms with Crippen molar-refractivity contribution in [1.29, 1.82) is 0 Å². The summed E-state index contributed by atoms with van der Waals surface area (Å²) in [5.74, 6) is 0. The summed E-state index contributed by atoms with van der Waals surface area (Å²) in [7, 11) is 0. The Bertz CT molecular complexity index is 1170. The number of rotatable bonds is 18. The molecule has 0 N–H and O–H groups in total. The average molecular weight is 691 g/mol. The Kier molecular flexibility index (Phi) is 15.1. The van der Waals surface area contributed by atoms with E-state index in [1.165, 1.54) is 0 Å². The molecule has 0 atom stereocenters. The molecule has 4 rings (SSSR count). The minimum atomic E-state index is -1.04. The summed E-state index contributed by atoms with van der Waals surface area (Å²) in [6.07, 6.45) is -3.03. The van der Waals surface area contributed by atoms with Gasteiger partial charge in [0.1, 0.15) is 39.6 Å². The highest BCUT2D eigenvalue weighted by Crippen LogP contribution is 2.00. The SMILES string of the molecule is O=C(OCCN1CCOC1)OCCn1c(=O)n(CCOC(=O)OCCN2CCOC2)c(=O)n(CCOC(=O)OCCN2CCOC2)c1=O. The van der Waals surface area contributed by atoms with Crippen LogP contribution in [0, 0.1) is 0 Å². The van der Waals surface area contributed by atoms with Crippen LogP contribution in [0.4, 0.5) is 14.4 Å². The second-order valence-electron chi connectivity index (χ2n) is 10.6. The van der Waals surface area contributed by atoms with Crippen LogP contribution >= 0.6 is 0 Å². The highest BCUT2D eigenvalue weighted by Gasteiger charge is 2.19. The first-order valence-corrected chi connectivity index (χ1v) is 15.5. The van der Waals surface area contributed by atoms with Gasteiger partial charge >= 0.3 is 35.5 Å². The molecular weight excluding hydrogens is 648 g/mol. The van der Waals surface area contributed by atoms with Crippen LogP contribution in [-0.2, 0) is 62.3 Å². The van der Waals surface area contributed by atoms with Gasteiger partial charge in [-0.2, -0.15) is 0 Å². The molecule has 1 aromatic rings. The first-order valence-electron chi connectivity index (χ1n) is 15.5. The van der Waals surface area contributed by atoms with Gasteiger partial charge in [0, 0.05) is 39.3 Å². The van der Waals surface area contributed by atoms with Crippen LogP contribution < -0.4 is 17.1 Å². The molecule has 0 unspecified atom stereocenters. The zero-order chi connectivity index (χ0) is 34.1. The maximum Gasteiger partial charge on any atom is 0.508 e. The molecule has 48 heavy (non-hydrogen) atoms. The van der Waals surface area contributed by atoms with E-state index in [1.807, 2.05) is 14.7 Å². The number of hydrogen-bond donors (Lipinski definition) is 0. The Morgan fingerprint density at radius 2 is 0.688 bits per heavy atom. The van der Waals surface area contributed by atoms with Gasteiger partial charge < -0.3 is 42.6 Å². The van der Waals surface area contributed by atoms with Crippen LogP contribution in [0.25, 0.3) is 0 Å². The Labute approximate surface area is 274 Å². The molecule has 0 spiro atoms. The van der Waals surface area contributed by atoms with Crippen LogP contribution in [0.3, 0.4) is 0 Å². The van der Waals surface area contributed by atoms with Crippen LogP contribution in [0.5, 0.6) is 0 Å². The molecule has 21 nitrogen and oxygen atoms in total. The summed E-state index contributed by atoms with van der Waals surface area (Å²) in [6, 6.07) is 0. The fourth-order valence-electron chi connectivity index (χ4n) is 4.70. The summed E-state index contributed by atoms with van der Waals surface area (Å²) in [4.78, 5) is 81.4. The molecule has 3 aliphatic heterocycles. The molecule has 3 saturated heterocycles. The summed E-state index contributed by atoms with van der Waals surface area (Å²) >= 11 is 0. The van der Waals surface area contributed by atoms with Crippen molar-refractivity contribution in [2.75, 3.05) is 119 Å². The Morgan fingerprint density at radius 3 is 0.917 bits per heavy atom. The fourth-order valence-corrected chi connectivity index (χ4v) is 4.70. The third-order valence-corrected chi connectivity index (χ3v) is 7.35. The molecule has 0 saturated carbocycles. The van der Waals surface area contributed by atoms with Crippen molar-refractivity contribution in [3.63, 3.8) is 0 Å². The van der Waals surface area contributed by atoms with Crippen LogP contribution in [0.2, 0.25) is 0 Å². The van der Waals surface area contributed by atoms with Gasteiger partial charge in [0.25, 0.3) is 0 Å². The van der Waals surface area contributed by atoms with E-state index in [0.29, 0.717) is 93.0 Å². The molecule has 3 fully saturated rings. The number of hydrogen-bond acceptors (Lipinski definition) is 18. The van der Waals surface area contributed by atoms with Crippen molar-refractivity contribution in [2.45, 2.75) is 19.6 Å². The third-order valence-electron chi connectivity index (χ3n) is 7.35. The highest BCUT2D eigenvalue weighted by atomic mass is 16.7. The summed E-state index contributed by atoms with van der Waals surface area (Å²) in [5, 5.41) is 0. The Hall–Kier alpha value is -4.02. The molecule has 0 radical (unpaired) electrons. The molecule has 3 aliphatic rings. The maximum absolute atomic E-state index is 13.2. The number of aromatic nitrogens is 3. The lowest BCUT2D eigenvalue weighted by molar-refractivity contribution is 0.0415. The molecular formula is C27H42N6O15. The van der Waals surface area contributed by atoms with Gasteiger partial charge in [0.2, 0.25) is 0 Å². The fraction of sp³-hybridized carbons (Fsp3) is 0.778. The minimum absolute atomic E-state index is 0.0457. The molecule has 1 aromatic heterocycles. The normalized spacial score (nSPS) is 17.0. The lowest BCUT2D eigenvalue weighted by Crippen LogP contribution is -2.55. The smallest absolute Gasteiger partial charge is 0.433 e. The second kappa shape index (κ2) is 19.7. The van der Waals surface area contributed by atoms with Gasteiger partial charge in [-0.1, -0.05) is 0 Å². The summed E-state index contributed by atoms with van der Waals surface area (Å²) in [5.41, 5.74) is -3.11. The van der Waals surface area contributed by atoms with Gasteiger partial charge in [-0.3, -0.25) is 14.7 Å². The minimum Gasteiger partial charge on any atom is -0.433 e. The number of ether oxygens (including phenoxy) is 9. The number of carbonyl (C=O) groups excluding carboxylic acids is 3. The van der Waals surface area contributed by atoms with Crippen LogP contribution in [0.1, 0.15) is 0 Å². The van der Waals surface area contributed by atoms with Crippen molar-refractivity contribution in [3.8, 4) is 0 Å². The first kappa shape index (κ1) is 36.8. The largest absolute Gasteiger partial charge is 0.508 e. The number of carbonyl (C=O) groups is 3. The van der Waals surface area contributed by atoms with E-state index in [9.17, 15) is 28.8 Å². The molecule has 4 heterocycles. The Morgan fingerprint density at radius 1 is 0.438 bits per heavy atom. The van der Waals surface area contributed by atoms with E-state index in [-0.39, 0.29) is 19.8 Å². The standard InChI is InChI=1S/C27H42N6O15/c34-22-31(7-16-46-25(37)43-13-4-28-1-10-40-19-28)23(35)33(9-18-48-27(39)45-15-6-30-3-12-42-21-30)24(36)32(22)8-17-47-26(38)44-14-5-29-2-11-41-20-29/h1-21H2. The van der Waals surface area contributed by atoms with Crippen LogP contribution in [0.15, 0.2) is 14.4 Å². The molecule has 0 aliphatic carbocycles. The second-order valence-corrected chi connectivity index (χ2v) is 10.6. The van der Waals surface area contributed by atoms with Crippen molar-refractivity contribution in [1.82, 2.24) is 28.4 Å². The average Bonchev–Trinajstić information content (AvgIpc) is 3.88. The van der Waals surface area contributed by atoms with Crippen molar-refractivity contribution < 1.29 is 57.0 Å². The Balaban J connectivity index is 1.31. The van der Waals surface area contributed by atoms with E-state index >= 15 is 0 Å². The molecule has 0 amide bonds. The topological polar surface area (TPSA) is 210 Å². The zero-order valence-corrected chi connectivity index (χ0v) is 26.7. The molecule has 0 aromatic carbocycles. The van der Waals surface area contributed by atoms with Gasteiger partial charge in [0.05, 0.1) is 59.6 Å². The van der Waals surface area contributed by atoms with Gasteiger partial charge in [0.15, 0.2) is 0 Å². The van der Waals surface area contributed by atoms with Gasteiger partial charge in [-0.25, -0.2) is 42.5 Å². The third kappa shape index (κ3) is 11.9. The zero-order valence-electron chi connectivity index (χ0n) is 26.7.